The molecule has 2 N–H and O–H groups in total. The van der Waals surface area contributed by atoms with E-state index in [1.54, 1.807) is 19.1 Å². The standard InChI is InChI=1S/C13H11Cl2N3O3/c1-7-4-11(18-21-7)17-12(19)6-16-13(20)9-3-2-8(14)5-10(9)15/h2-5H,6H2,1H3,(H,16,20)(H,17,18,19). The van der Waals surface area contributed by atoms with Crippen LogP contribution in [-0.4, -0.2) is 23.5 Å². The number of benzene rings is 1. The maximum absolute atomic E-state index is 11.9. The summed E-state index contributed by atoms with van der Waals surface area (Å²) in [6.45, 7) is 1.48. The summed E-state index contributed by atoms with van der Waals surface area (Å²) in [5, 5.41) is 9.18. The minimum Gasteiger partial charge on any atom is -0.360 e. The highest BCUT2D eigenvalue weighted by Crippen LogP contribution is 2.20. The van der Waals surface area contributed by atoms with Gasteiger partial charge in [0.2, 0.25) is 5.91 Å². The Morgan fingerprint density at radius 3 is 2.67 bits per heavy atom. The molecule has 1 aromatic carbocycles. The number of halogens is 2. The second-order valence-electron chi connectivity index (χ2n) is 4.18. The molecule has 0 bridgehead atoms. The summed E-state index contributed by atoms with van der Waals surface area (Å²) in [6.07, 6.45) is 0. The van der Waals surface area contributed by atoms with Crippen molar-refractivity contribution in [2.75, 3.05) is 11.9 Å². The lowest BCUT2D eigenvalue weighted by Gasteiger charge is -2.06. The Balaban J connectivity index is 1.90. The highest BCUT2D eigenvalue weighted by atomic mass is 35.5. The number of nitrogens with zero attached hydrogens (tertiary/aromatic N) is 1. The van der Waals surface area contributed by atoms with Crippen LogP contribution in [0.4, 0.5) is 5.82 Å². The van der Waals surface area contributed by atoms with E-state index < -0.39 is 11.8 Å². The molecule has 6 nitrogen and oxygen atoms in total. The van der Waals surface area contributed by atoms with E-state index in [0.29, 0.717) is 10.8 Å². The monoisotopic (exact) mass is 327 g/mol. The van der Waals surface area contributed by atoms with Crippen LogP contribution in [0.5, 0.6) is 0 Å². The largest absolute Gasteiger partial charge is 0.360 e. The molecule has 0 radical (unpaired) electrons. The lowest BCUT2D eigenvalue weighted by Crippen LogP contribution is -2.33. The molecule has 2 amide bonds. The molecule has 110 valence electrons. The Kier molecular flexibility index (Phi) is 4.82. The molecule has 0 spiro atoms. The SMILES string of the molecule is Cc1cc(NC(=O)CNC(=O)c2ccc(Cl)cc2Cl)no1. The summed E-state index contributed by atoms with van der Waals surface area (Å²) in [4.78, 5) is 23.5. The van der Waals surface area contributed by atoms with Crippen LogP contribution in [0.25, 0.3) is 0 Å². The van der Waals surface area contributed by atoms with Crippen LogP contribution in [0.2, 0.25) is 10.0 Å². The van der Waals surface area contributed by atoms with Crippen molar-refractivity contribution in [1.82, 2.24) is 10.5 Å². The van der Waals surface area contributed by atoms with E-state index in [1.807, 2.05) is 0 Å². The number of anilines is 1. The summed E-state index contributed by atoms with van der Waals surface area (Å²) in [6, 6.07) is 6.05. The van der Waals surface area contributed by atoms with Gasteiger partial charge in [0, 0.05) is 11.1 Å². The maximum Gasteiger partial charge on any atom is 0.253 e. The van der Waals surface area contributed by atoms with Crippen LogP contribution in [0.3, 0.4) is 0 Å². The van der Waals surface area contributed by atoms with Gasteiger partial charge in [0.15, 0.2) is 5.82 Å². The van der Waals surface area contributed by atoms with Crippen LogP contribution in [-0.2, 0) is 4.79 Å². The second kappa shape index (κ2) is 6.60. The number of nitrogens with one attached hydrogen (secondary N) is 2. The van der Waals surface area contributed by atoms with Gasteiger partial charge in [-0.15, -0.1) is 0 Å². The van der Waals surface area contributed by atoms with Gasteiger partial charge in [0.25, 0.3) is 5.91 Å². The topological polar surface area (TPSA) is 84.2 Å². The van der Waals surface area contributed by atoms with Crippen LogP contribution in [0.1, 0.15) is 16.1 Å². The molecule has 2 aromatic rings. The van der Waals surface area contributed by atoms with Crippen LogP contribution < -0.4 is 10.6 Å². The average Bonchev–Trinajstić information content (AvgIpc) is 2.81. The highest BCUT2D eigenvalue weighted by Gasteiger charge is 2.12. The Morgan fingerprint density at radius 2 is 2.05 bits per heavy atom. The molecule has 0 unspecified atom stereocenters. The summed E-state index contributed by atoms with van der Waals surface area (Å²) in [5.41, 5.74) is 0.242. The van der Waals surface area contributed by atoms with E-state index >= 15 is 0 Å². The number of carbonyl (C=O) groups is 2. The molecular formula is C13H11Cl2N3O3. The normalized spacial score (nSPS) is 10.2. The van der Waals surface area contributed by atoms with Crippen LogP contribution in [0, 0.1) is 6.92 Å². The third-order valence-electron chi connectivity index (χ3n) is 2.48. The van der Waals surface area contributed by atoms with Crippen molar-refractivity contribution in [3.8, 4) is 0 Å². The third kappa shape index (κ3) is 4.21. The number of hydrogen-bond acceptors (Lipinski definition) is 4. The smallest absolute Gasteiger partial charge is 0.253 e. The van der Waals surface area contributed by atoms with E-state index in [9.17, 15) is 9.59 Å². The Morgan fingerprint density at radius 1 is 1.29 bits per heavy atom. The van der Waals surface area contributed by atoms with E-state index in [2.05, 4.69) is 15.8 Å². The number of aryl methyl sites for hydroxylation is 1. The molecule has 0 atom stereocenters. The molecule has 1 aromatic heterocycles. The van der Waals surface area contributed by atoms with Gasteiger partial charge in [-0.1, -0.05) is 28.4 Å². The van der Waals surface area contributed by atoms with E-state index in [0.717, 1.165) is 0 Å². The first-order chi connectivity index (χ1) is 9.95. The van der Waals surface area contributed by atoms with Crippen LogP contribution >= 0.6 is 23.2 Å². The molecule has 0 saturated carbocycles. The number of aromatic nitrogens is 1. The molecular weight excluding hydrogens is 317 g/mol. The summed E-state index contributed by atoms with van der Waals surface area (Å²) in [7, 11) is 0. The average molecular weight is 328 g/mol. The Labute approximate surface area is 130 Å². The number of hydrogen-bond donors (Lipinski definition) is 2. The van der Waals surface area contributed by atoms with Gasteiger partial charge in [-0.3, -0.25) is 9.59 Å². The minimum absolute atomic E-state index is 0.215. The fourth-order valence-electron chi connectivity index (χ4n) is 1.54. The van der Waals surface area contributed by atoms with Crippen LogP contribution in [0.15, 0.2) is 28.8 Å². The zero-order valence-electron chi connectivity index (χ0n) is 10.9. The zero-order valence-corrected chi connectivity index (χ0v) is 12.5. The van der Waals surface area contributed by atoms with Gasteiger partial charge >= 0.3 is 0 Å². The van der Waals surface area contributed by atoms with E-state index in [4.69, 9.17) is 27.7 Å². The first kappa shape index (κ1) is 15.3. The van der Waals surface area contributed by atoms with Gasteiger partial charge in [-0.05, 0) is 25.1 Å². The predicted octanol–water partition coefficient (Wildman–Crippen LogP) is 2.66. The quantitative estimate of drug-likeness (QED) is 0.904. The van der Waals surface area contributed by atoms with Crippen molar-refractivity contribution in [2.45, 2.75) is 6.92 Å². The second-order valence-corrected chi connectivity index (χ2v) is 5.02. The Hall–Kier alpha value is -2.05. The van der Waals surface area contributed by atoms with Gasteiger partial charge in [-0.2, -0.15) is 0 Å². The minimum atomic E-state index is -0.469. The highest BCUT2D eigenvalue weighted by molar-refractivity contribution is 6.36. The first-order valence-corrected chi connectivity index (χ1v) is 6.67. The Bertz CT molecular complexity index is 685. The first-order valence-electron chi connectivity index (χ1n) is 5.92. The number of carbonyl (C=O) groups excluding carboxylic acids is 2. The molecule has 0 fully saturated rings. The summed E-state index contributed by atoms with van der Waals surface area (Å²) < 4.78 is 4.81. The van der Waals surface area contributed by atoms with Gasteiger partial charge in [0.1, 0.15) is 5.76 Å². The zero-order chi connectivity index (χ0) is 15.4. The lowest BCUT2D eigenvalue weighted by atomic mass is 10.2. The summed E-state index contributed by atoms with van der Waals surface area (Å²) in [5.74, 6) is -0.0385. The molecule has 2 rings (SSSR count). The van der Waals surface area contributed by atoms with Crippen molar-refractivity contribution < 1.29 is 14.1 Å². The van der Waals surface area contributed by atoms with Gasteiger partial charge in [-0.25, -0.2) is 0 Å². The maximum atomic E-state index is 11.9. The predicted molar refractivity (Wildman–Crippen MR) is 78.7 cm³/mol. The van der Waals surface area contributed by atoms with E-state index in [1.165, 1.54) is 12.1 Å². The van der Waals surface area contributed by atoms with Crippen molar-refractivity contribution in [1.29, 1.82) is 0 Å². The van der Waals surface area contributed by atoms with Crippen molar-refractivity contribution in [3.05, 3.63) is 45.6 Å². The van der Waals surface area contributed by atoms with Crippen molar-refractivity contribution in [3.63, 3.8) is 0 Å². The van der Waals surface area contributed by atoms with Gasteiger partial charge < -0.3 is 15.2 Å². The molecule has 8 heteroatoms. The van der Waals surface area contributed by atoms with Crippen molar-refractivity contribution in [2.24, 2.45) is 0 Å². The summed E-state index contributed by atoms with van der Waals surface area (Å²) >= 11 is 11.6. The lowest BCUT2D eigenvalue weighted by molar-refractivity contribution is -0.115. The number of rotatable bonds is 4. The molecule has 1 heterocycles. The third-order valence-corrected chi connectivity index (χ3v) is 3.03. The molecule has 0 aliphatic heterocycles. The van der Waals surface area contributed by atoms with Crippen molar-refractivity contribution >= 4 is 40.8 Å². The van der Waals surface area contributed by atoms with E-state index in [-0.39, 0.29) is 22.9 Å². The number of amides is 2. The fourth-order valence-corrected chi connectivity index (χ4v) is 2.04. The fraction of sp³-hybridized carbons (Fsp3) is 0.154. The molecule has 0 aliphatic rings. The van der Waals surface area contributed by atoms with Gasteiger partial charge in [0.05, 0.1) is 17.1 Å². The molecule has 21 heavy (non-hydrogen) atoms. The molecule has 0 saturated heterocycles. The molecule has 0 aliphatic carbocycles.